The van der Waals surface area contributed by atoms with Crippen molar-refractivity contribution in [2.45, 2.75) is 13.5 Å². The fraction of sp³-hybridized carbons (Fsp3) is 0.375. The van der Waals surface area contributed by atoms with Crippen LogP contribution in [-0.2, 0) is 16.1 Å². The van der Waals surface area contributed by atoms with E-state index in [4.69, 9.17) is 4.74 Å². The molecule has 0 N–H and O–H groups in total. The second kappa shape index (κ2) is 4.39. The Morgan fingerprint density at radius 3 is 3.15 bits per heavy atom. The molecule has 1 rings (SSSR count). The molecular weight excluding hydrogens is 172 g/mol. The monoisotopic (exact) mass is 182 g/mol. The first-order valence-electron chi connectivity index (χ1n) is 3.91. The summed E-state index contributed by atoms with van der Waals surface area (Å²) in [5.74, 6) is -0.417. The maximum absolute atomic E-state index is 11.1. The Bertz CT molecular complexity index is 306. The molecule has 0 aliphatic heterocycles. The number of carbonyl (C=O) groups excluding carboxylic acids is 2. The van der Waals surface area contributed by atoms with Crippen LogP contribution in [0.2, 0.25) is 0 Å². The lowest BCUT2D eigenvalue weighted by molar-refractivity contribution is -0.108. The van der Waals surface area contributed by atoms with Crippen LogP contribution in [0.3, 0.4) is 0 Å². The van der Waals surface area contributed by atoms with Crippen LogP contribution in [0, 0.1) is 0 Å². The van der Waals surface area contributed by atoms with E-state index in [9.17, 15) is 9.59 Å². The van der Waals surface area contributed by atoms with E-state index in [0.29, 0.717) is 18.5 Å². The van der Waals surface area contributed by atoms with Crippen molar-refractivity contribution in [1.82, 2.24) is 9.78 Å². The topological polar surface area (TPSA) is 61.2 Å². The van der Waals surface area contributed by atoms with Crippen LogP contribution >= 0.6 is 0 Å². The van der Waals surface area contributed by atoms with E-state index in [0.717, 1.165) is 0 Å². The van der Waals surface area contributed by atoms with Crippen molar-refractivity contribution < 1.29 is 14.3 Å². The predicted octanol–water partition coefficient (Wildman–Crippen LogP) is 0.259. The van der Waals surface area contributed by atoms with E-state index in [1.54, 1.807) is 6.92 Å². The normalized spacial score (nSPS) is 9.62. The Hall–Kier alpha value is -1.65. The van der Waals surface area contributed by atoms with Gasteiger partial charge in [-0.2, -0.15) is 5.10 Å². The zero-order valence-electron chi connectivity index (χ0n) is 7.27. The van der Waals surface area contributed by atoms with Crippen LogP contribution in [0.5, 0.6) is 0 Å². The lowest BCUT2D eigenvalue weighted by Crippen LogP contribution is -2.03. The fourth-order valence-electron chi connectivity index (χ4n) is 0.860. The Morgan fingerprint density at radius 2 is 2.54 bits per heavy atom. The molecule has 0 spiro atoms. The summed E-state index contributed by atoms with van der Waals surface area (Å²) >= 11 is 0. The number of aldehydes is 1. The van der Waals surface area contributed by atoms with Gasteiger partial charge in [0, 0.05) is 6.20 Å². The Morgan fingerprint density at radius 1 is 1.77 bits per heavy atom. The molecular formula is C8H10N2O3. The third-order valence-electron chi connectivity index (χ3n) is 1.41. The number of hydrogen-bond acceptors (Lipinski definition) is 4. The maximum atomic E-state index is 11.1. The van der Waals surface area contributed by atoms with Gasteiger partial charge < -0.3 is 9.53 Å². The number of ether oxygens (including phenoxy) is 1. The Kier molecular flexibility index (Phi) is 3.19. The lowest BCUT2D eigenvalue weighted by Gasteiger charge is -1.96. The summed E-state index contributed by atoms with van der Waals surface area (Å²) in [4.78, 5) is 21.2. The highest BCUT2D eigenvalue weighted by molar-refractivity contribution is 5.88. The van der Waals surface area contributed by atoms with Crippen LogP contribution in [0.1, 0.15) is 17.3 Å². The minimum atomic E-state index is -0.417. The van der Waals surface area contributed by atoms with Crippen molar-refractivity contribution in [3.63, 3.8) is 0 Å². The molecule has 0 saturated carbocycles. The molecule has 13 heavy (non-hydrogen) atoms. The van der Waals surface area contributed by atoms with Gasteiger partial charge >= 0.3 is 5.97 Å². The molecule has 1 aromatic heterocycles. The van der Waals surface area contributed by atoms with Gasteiger partial charge in [0.1, 0.15) is 6.29 Å². The van der Waals surface area contributed by atoms with Crippen molar-refractivity contribution >= 4 is 12.3 Å². The zero-order valence-corrected chi connectivity index (χ0v) is 7.27. The van der Waals surface area contributed by atoms with Gasteiger partial charge in [0.25, 0.3) is 0 Å². The number of hydrogen-bond donors (Lipinski definition) is 0. The number of carbonyl (C=O) groups is 2. The van der Waals surface area contributed by atoms with E-state index >= 15 is 0 Å². The zero-order chi connectivity index (χ0) is 9.68. The first kappa shape index (κ1) is 9.44. The quantitative estimate of drug-likeness (QED) is 0.495. The van der Waals surface area contributed by atoms with Crippen molar-refractivity contribution in [2.24, 2.45) is 0 Å². The van der Waals surface area contributed by atoms with Crippen LogP contribution in [0.4, 0.5) is 0 Å². The molecule has 1 aromatic rings. The molecule has 0 atom stereocenters. The molecule has 0 aliphatic carbocycles. The van der Waals surface area contributed by atoms with Crippen LogP contribution in [0.15, 0.2) is 12.4 Å². The van der Waals surface area contributed by atoms with Gasteiger partial charge in [-0.3, -0.25) is 4.68 Å². The lowest BCUT2D eigenvalue weighted by atomic mass is 10.4. The molecule has 0 aromatic carbocycles. The van der Waals surface area contributed by atoms with Gasteiger partial charge in [-0.25, -0.2) is 4.79 Å². The van der Waals surface area contributed by atoms with Crippen LogP contribution in [-0.4, -0.2) is 28.6 Å². The largest absolute Gasteiger partial charge is 0.462 e. The molecule has 70 valence electrons. The highest BCUT2D eigenvalue weighted by Gasteiger charge is 2.08. The van der Waals surface area contributed by atoms with E-state index in [2.05, 4.69) is 5.10 Å². The molecule has 0 amide bonds. The van der Waals surface area contributed by atoms with Crippen molar-refractivity contribution in [3.05, 3.63) is 18.0 Å². The predicted molar refractivity (Wildman–Crippen MR) is 44.2 cm³/mol. The SMILES string of the molecule is CCOC(=O)c1cnn(CC=O)c1. The number of aromatic nitrogens is 2. The van der Waals surface area contributed by atoms with Gasteiger partial charge in [-0.1, -0.05) is 0 Å². The molecule has 0 saturated heterocycles. The third kappa shape index (κ3) is 2.40. The molecule has 0 fully saturated rings. The first-order valence-corrected chi connectivity index (χ1v) is 3.91. The maximum Gasteiger partial charge on any atom is 0.341 e. The standard InChI is InChI=1S/C8H10N2O3/c1-2-13-8(12)7-5-9-10(6-7)3-4-11/h4-6H,2-3H2,1H3. The second-order valence-corrected chi connectivity index (χ2v) is 2.34. The van der Waals surface area contributed by atoms with E-state index in [-0.39, 0.29) is 6.54 Å². The van der Waals surface area contributed by atoms with Crippen LogP contribution < -0.4 is 0 Å². The molecule has 0 unspecified atom stereocenters. The Balaban J connectivity index is 2.67. The highest BCUT2D eigenvalue weighted by atomic mass is 16.5. The second-order valence-electron chi connectivity index (χ2n) is 2.34. The van der Waals surface area contributed by atoms with Gasteiger partial charge in [-0.05, 0) is 6.92 Å². The van der Waals surface area contributed by atoms with Gasteiger partial charge in [-0.15, -0.1) is 0 Å². The minimum absolute atomic E-state index is 0.152. The van der Waals surface area contributed by atoms with Gasteiger partial charge in [0.2, 0.25) is 0 Å². The smallest absolute Gasteiger partial charge is 0.341 e. The first-order chi connectivity index (χ1) is 6.27. The third-order valence-corrected chi connectivity index (χ3v) is 1.41. The summed E-state index contributed by atoms with van der Waals surface area (Å²) in [7, 11) is 0. The van der Waals surface area contributed by atoms with Crippen molar-refractivity contribution in [1.29, 1.82) is 0 Å². The molecule has 0 bridgehead atoms. The summed E-state index contributed by atoms with van der Waals surface area (Å²) in [5, 5.41) is 3.79. The molecule has 5 heteroatoms. The summed E-state index contributed by atoms with van der Waals surface area (Å²) in [6.45, 7) is 2.21. The van der Waals surface area contributed by atoms with Gasteiger partial charge in [0.15, 0.2) is 0 Å². The molecule has 1 heterocycles. The number of esters is 1. The highest BCUT2D eigenvalue weighted by Crippen LogP contribution is 1.99. The molecule has 0 aliphatic rings. The van der Waals surface area contributed by atoms with E-state index in [1.807, 2.05) is 0 Å². The average molecular weight is 182 g/mol. The molecule has 0 radical (unpaired) electrons. The van der Waals surface area contributed by atoms with E-state index < -0.39 is 5.97 Å². The average Bonchev–Trinajstić information content (AvgIpc) is 2.54. The van der Waals surface area contributed by atoms with E-state index in [1.165, 1.54) is 17.1 Å². The minimum Gasteiger partial charge on any atom is -0.462 e. The van der Waals surface area contributed by atoms with Crippen molar-refractivity contribution in [2.75, 3.05) is 6.61 Å². The summed E-state index contributed by atoms with van der Waals surface area (Å²) in [6.07, 6.45) is 3.57. The number of nitrogens with zero attached hydrogens (tertiary/aromatic N) is 2. The summed E-state index contributed by atoms with van der Waals surface area (Å²) in [5.41, 5.74) is 0.365. The fourth-order valence-corrected chi connectivity index (χ4v) is 0.860. The van der Waals surface area contributed by atoms with Gasteiger partial charge in [0.05, 0.1) is 24.9 Å². The van der Waals surface area contributed by atoms with Crippen LogP contribution in [0.25, 0.3) is 0 Å². The van der Waals surface area contributed by atoms with Crippen molar-refractivity contribution in [3.8, 4) is 0 Å². The Labute approximate surface area is 75.3 Å². The summed E-state index contributed by atoms with van der Waals surface area (Å²) in [6, 6.07) is 0. The summed E-state index contributed by atoms with van der Waals surface area (Å²) < 4.78 is 6.11. The number of rotatable bonds is 4. The molecule has 5 nitrogen and oxygen atoms in total.